The Labute approximate surface area is 177 Å². The molecule has 0 saturated carbocycles. The van der Waals surface area contributed by atoms with Crippen LogP contribution in [0, 0.1) is 0 Å². The first-order valence-corrected chi connectivity index (χ1v) is 10.3. The average molecular weight is 414 g/mol. The smallest absolute Gasteiger partial charge is 0.414 e. The minimum absolute atomic E-state index is 0.0731. The summed E-state index contributed by atoms with van der Waals surface area (Å²) in [5.41, 5.74) is 8.75. The monoisotopic (exact) mass is 413 g/mol. The fourth-order valence-electron chi connectivity index (χ4n) is 3.75. The molecule has 3 N–H and O–H groups in total. The molecule has 2 amide bonds. The first-order valence-electron chi connectivity index (χ1n) is 10.3. The Kier molecular flexibility index (Phi) is 6.45. The maximum atomic E-state index is 12.8. The second-order valence-electron chi connectivity index (χ2n) is 8.15. The topological polar surface area (TPSA) is 100 Å². The molecule has 8 nitrogen and oxygen atoms in total. The Hall–Kier alpha value is -2.87. The van der Waals surface area contributed by atoms with Gasteiger partial charge in [0.15, 0.2) is 0 Å². The molecule has 2 aliphatic rings. The summed E-state index contributed by atoms with van der Waals surface area (Å²) in [5.74, 6) is -0.0731. The number of nitrogens with two attached hydrogens (primary N) is 1. The third-order valence-corrected chi connectivity index (χ3v) is 5.45. The van der Waals surface area contributed by atoms with Crippen LogP contribution in [0.5, 0.6) is 0 Å². The minimum Gasteiger partial charge on any atom is -0.446 e. The Morgan fingerprint density at radius 2 is 2.03 bits per heavy atom. The number of carbonyl (C=O) groups excluding carboxylic acids is 2. The molecule has 1 fully saturated rings. The van der Waals surface area contributed by atoms with Crippen LogP contribution in [0.4, 0.5) is 16.2 Å². The molecule has 1 aromatic carbocycles. The fraction of sp³-hybridized carbons (Fsp3) is 0.500. The maximum absolute atomic E-state index is 12.8. The molecule has 8 heteroatoms. The van der Waals surface area contributed by atoms with Gasteiger partial charge in [0, 0.05) is 44.0 Å². The number of nitrogens with one attached hydrogen (secondary N) is 1. The van der Waals surface area contributed by atoms with E-state index in [1.165, 1.54) is 13.1 Å². The standard InChI is InChI=1S/C22H31N5O3/c1-13(2)30-22(29)26-12-14(3)27(16(5)28)20-7-6-17(8-21(20)26)18(9-23)10-25-19-11-24-15(19)4/h6-10,13-15,19,24H,11-12,23H2,1-5H3/t14-,15?,19?/m0/s1. The number of allylic oxidation sites excluding steroid dienone is 1. The van der Waals surface area contributed by atoms with Gasteiger partial charge in [-0.3, -0.25) is 14.7 Å². The first kappa shape index (κ1) is 21.8. The van der Waals surface area contributed by atoms with Crippen LogP contribution < -0.4 is 20.9 Å². The molecule has 0 aliphatic carbocycles. The summed E-state index contributed by atoms with van der Waals surface area (Å²) in [6, 6.07) is 6.01. The Morgan fingerprint density at radius 1 is 1.30 bits per heavy atom. The van der Waals surface area contributed by atoms with E-state index in [2.05, 4.69) is 17.2 Å². The lowest BCUT2D eigenvalue weighted by Crippen LogP contribution is -2.54. The van der Waals surface area contributed by atoms with Crippen LogP contribution in [-0.2, 0) is 9.53 Å². The van der Waals surface area contributed by atoms with E-state index in [0.29, 0.717) is 24.0 Å². The summed E-state index contributed by atoms with van der Waals surface area (Å²) in [5, 5.41) is 3.27. The molecule has 0 aromatic heterocycles. The van der Waals surface area contributed by atoms with Gasteiger partial charge in [-0.2, -0.15) is 0 Å². The highest BCUT2D eigenvalue weighted by Gasteiger charge is 2.35. The molecule has 1 aromatic rings. The number of nitrogens with zero attached hydrogens (tertiary/aromatic N) is 3. The van der Waals surface area contributed by atoms with E-state index in [1.54, 1.807) is 16.0 Å². The second-order valence-corrected chi connectivity index (χ2v) is 8.15. The quantitative estimate of drug-likeness (QED) is 0.739. The van der Waals surface area contributed by atoms with Crippen molar-refractivity contribution in [3.63, 3.8) is 0 Å². The van der Waals surface area contributed by atoms with Gasteiger partial charge >= 0.3 is 6.09 Å². The summed E-state index contributed by atoms with van der Waals surface area (Å²) < 4.78 is 5.44. The largest absolute Gasteiger partial charge is 0.446 e. The van der Waals surface area contributed by atoms with Crippen molar-refractivity contribution >= 4 is 35.2 Å². The summed E-state index contributed by atoms with van der Waals surface area (Å²) in [7, 11) is 0. The molecule has 0 radical (unpaired) electrons. The molecule has 2 aliphatic heterocycles. The minimum atomic E-state index is -0.431. The van der Waals surface area contributed by atoms with Gasteiger partial charge in [0.2, 0.25) is 5.91 Å². The highest BCUT2D eigenvalue weighted by atomic mass is 16.6. The SMILES string of the molecule is CC(=O)N1c2ccc(C(C=NC3CNC3C)=CN)cc2N(C(=O)OC(C)C)C[C@@H]1C. The number of amides is 2. The van der Waals surface area contributed by atoms with Crippen molar-refractivity contribution in [3.8, 4) is 0 Å². The van der Waals surface area contributed by atoms with Gasteiger partial charge in [-0.25, -0.2) is 4.79 Å². The summed E-state index contributed by atoms with van der Waals surface area (Å²) >= 11 is 0. The van der Waals surface area contributed by atoms with Crippen LogP contribution in [0.3, 0.4) is 0 Å². The lowest BCUT2D eigenvalue weighted by molar-refractivity contribution is -0.117. The van der Waals surface area contributed by atoms with Crippen LogP contribution in [0.1, 0.15) is 40.2 Å². The predicted molar refractivity (Wildman–Crippen MR) is 120 cm³/mol. The van der Waals surface area contributed by atoms with E-state index in [4.69, 9.17) is 10.5 Å². The van der Waals surface area contributed by atoms with E-state index in [0.717, 1.165) is 17.7 Å². The number of fused-ring (bicyclic) bond motifs is 1. The number of rotatable bonds is 4. The summed E-state index contributed by atoms with van der Waals surface area (Å²) in [4.78, 5) is 33.0. The highest BCUT2D eigenvalue weighted by Crippen LogP contribution is 2.38. The number of hydrogen-bond acceptors (Lipinski definition) is 6. The van der Waals surface area contributed by atoms with Crippen molar-refractivity contribution in [3.05, 3.63) is 30.0 Å². The lowest BCUT2D eigenvalue weighted by atomic mass is 10.0. The van der Waals surface area contributed by atoms with Gasteiger partial charge in [-0.1, -0.05) is 6.07 Å². The van der Waals surface area contributed by atoms with Crippen LogP contribution in [0.25, 0.3) is 5.57 Å². The van der Waals surface area contributed by atoms with E-state index in [9.17, 15) is 9.59 Å². The molecule has 2 heterocycles. The molecule has 0 spiro atoms. The van der Waals surface area contributed by atoms with E-state index in [1.807, 2.05) is 39.0 Å². The molecule has 3 rings (SSSR count). The maximum Gasteiger partial charge on any atom is 0.414 e. The van der Waals surface area contributed by atoms with Crippen molar-refractivity contribution in [2.24, 2.45) is 10.7 Å². The normalized spacial score (nSPS) is 24.1. The van der Waals surface area contributed by atoms with E-state index < -0.39 is 6.09 Å². The zero-order valence-electron chi connectivity index (χ0n) is 18.3. The third-order valence-electron chi connectivity index (χ3n) is 5.45. The van der Waals surface area contributed by atoms with Crippen LogP contribution in [-0.4, -0.2) is 55.5 Å². The van der Waals surface area contributed by atoms with Gasteiger partial charge in [-0.15, -0.1) is 0 Å². The molecular weight excluding hydrogens is 382 g/mol. The summed E-state index contributed by atoms with van der Waals surface area (Å²) in [6.07, 6.45) is 2.61. The average Bonchev–Trinajstić information content (AvgIpc) is 2.68. The predicted octanol–water partition coefficient (Wildman–Crippen LogP) is 2.52. The van der Waals surface area contributed by atoms with Crippen molar-refractivity contribution < 1.29 is 14.3 Å². The molecular formula is C22H31N5O3. The van der Waals surface area contributed by atoms with Gasteiger partial charge in [0.05, 0.1) is 29.6 Å². The molecule has 0 bridgehead atoms. The highest BCUT2D eigenvalue weighted by molar-refractivity contribution is 6.11. The zero-order chi connectivity index (χ0) is 22.0. The number of aliphatic imine (C=N–C) groups is 1. The number of hydrogen-bond donors (Lipinski definition) is 2. The van der Waals surface area contributed by atoms with Crippen LogP contribution in [0.2, 0.25) is 0 Å². The Balaban J connectivity index is 1.99. The number of carbonyl (C=O) groups is 2. The van der Waals surface area contributed by atoms with Gasteiger partial charge in [0.25, 0.3) is 0 Å². The third kappa shape index (κ3) is 4.33. The second kappa shape index (κ2) is 8.87. The molecule has 1 saturated heterocycles. The van der Waals surface area contributed by atoms with Crippen LogP contribution in [0.15, 0.2) is 29.4 Å². The lowest BCUT2D eigenvalue weighted by Gasteiger charge is -2.40. The Bertz CT molecular complexity index is 880. The van der Waals surface area contributed by atoms with Crippen molar-refractivity contribution in [2.75, 3.05) is 22.9 Å². The van der Waals surface area contributed by atoms with Gasteiger partial charge in [0.1, 0.15) is 0 Å². The van der Waals surface area contributed by atoms with Crippen LogP contribution >= 0.6 is 0 Å². The zero-order valence-corrected chi connectivity index (χ0v) is 18.3. The molecule has 162 valence electrons. The Morgan fingerprint density at radius 3 is 2.57 bits per heavy atom. The number of benzene rings is 1. The fourth-order valence-corrected chi connectivity index (χ4v) is 3.75. The van der Waals surface area contributed by atoms with Crippen molar-refractivity contribution in [1.29, 1.82) is 0 Å². The molecule has 30 heavy (non-hydrogen) atoms. The van der Waals surface area contributed by atoms with Gasteiger partial charge in [-0.05, 0) is 45.4 Å². The number of ether oxygens (including phenoxy) is 1. The summed E-state index contributed by atoms with van der Waals surface area (Å²) in [6.45, 7) is 10.4. The molecule has 2 unspecified atom stereocenters. The van der Waals surface area contributed by atoms with E-state index in [-0.39, 0.29) is 24.1 Å². The number of anilines is 2. The van der Waals surface area contributed by atoms with E-state index >= 15 is 0 Å². The van der Waals surface area contributed by atoms with Gasteiger partial charge < -0.3 is 20.7 Å². The van der Waals surface area contributed by atoms with Crippen molar-refractivity contribution in [2.45, 2.75) is 58.8 Å². The van der Waals surface area contributed by atoms with Crippen molar-refractivity contribution in [1.82, 2.24) is 5.32 Å². The molecule has 3 atom stereocenters. The first-order chi connectivity index (χ1) is 14.2.